The zero-order valence-corrected chi connectivity index (χ0v) is 7.51. The van der Waals surface area contributed by atoms with E-state index < -0.39 is 16.9 Å². The van der Waals surface area contributed by atoms with E-state index in [1.807, 2.05) is 0 Å². The Morgan fingerprint density at radius 2 is 2.07 bits per heavy atom. The fourth-order valence-corrected chi connectivity index (χ4v) is 1.66. The van der Waals surface area contributed by atoms with Crippen LogP contribution in [-0.2, 0) is 4.79 Å². The van der Waals surface area contributed by atoms with Gasteiger partial charge in [0.05, 0.1) is 11.3 Å². The first-order chi connectivity index (χ1) is 6.63. The van der Waals surface area contributed by atoms with Crippen LogP contribution in [0.2, 0.25) is 0 Å². The minimum absolute atomic E-state index is 0.476. The zero-order chi connectivity index (χ0) is 10.3. The van der Waals surface area contributed by atoms with Crippen LogP contribution < -0.4 is 4.90 Å². The molecule has 1 heterocycles. The maximum Gasteiger partial charge on any atom is 0.317 e. The van der Waals surface area contributed by atoms with Gasteiger partial charge in [-0.3, -0.25) is 14.9 Å². The number of nitro groups is 1. The highest BCUT2D eigenvalue weighted by Crippen LogP contribution is 2.35. The average molecular weight is 192 g/mol. The molecule has 0 bridgehead atoms. The lowest BCUT2D eigenvalue weighted by Crippen LogP contribution is -2.27. The van der Waals surface area contributed by atoms with Gasteiger partial charge in [0.1, 0.15) is 0 Å². The smallest absolute Gasteiger partial charge is 0.309 e. The number of hydrogen-bond donors (Lipinski definition) is 0. The lowest BCUT2D eigenvalue weighted by Gasteiger charge is -2.07. The molecule has 0 spiro atoms. The summed E-state index contributed by atoms with van der Waals surface area (Å²) in [7, 11) is 1.55. The summed E-state index contributed by atoms with van der Waals surface area (Å²) in [6, 6.07) is 5.55. The van der Waals surface area contributed by atoms with Crippen molar-refractivity contribution in [2.24, 2.45) is 0 Å². The SMILES string of the molecule is CN1C(=O)C([N+](=O)[O-])c2ccccc21. The van der Waals surface area contributed by atoms with Crippen LogP contribution in [0.4, 0.5) is 5.69 Å². The van der Waals surface area contributed by atoms with Crippen molar-refractivity contribution < 1.29 is 9.72 Å². The first-order valence-corrected chi connectivity index (χ1v) is 4.13. The van der Waals surface area contributed by atoms with Crippen molar-refractivity contribution >= 4 is 11.6 Å². The fraction of sp³-hybridized carbons (Fsp3) is 0.222. The van der Waals surface area contributed by atoms with Crippen molar-refractivity contribution in [3.8, 4) is 0 Å². The predicted octanol–water partition coefficient (Wildman–Crippen LogP) is 0.981. The molecule has 1 aliphatic heterocycles. The molecular weight excluding hydrogens is 184 g/mol. The molecule has 1 unspecified atom stereocenters. The van der Waals surface area contributed by atoms with Crippen LogP contribution in [-0.4, -0.2) is 17.9 Å². The molecule has 0 aliphatic carbocycles. The topological polar surface area (TPSA) is 63.5 Å². The monoisotopic (exact) mass is 192 g/mol. The van der Waals surface area contributed by atoms with E-state index in [9.17, 15) is 14.9 Å². The first-order valence-electron chi connectivity index (χ1n) is 4.13. The van der Waals surface area contributed by atoms with Crippen LogP contribution in [0.15, 0.2) is 24.3 Å². The van der Waals surface area contributed by atoms with Crippen LogP contribution in [0.25, 0.3) is 0 Å². The second kappa shape index (κ2) is 2.80. The summed E-state index contributed by atoms with van der Waals surface area (Å²) >= 11 is 0. The van der Waals surface area contributed by atoms with Crippen molar-refractivity contribution in [1.29, 1.82) is 0 Å². The maximum absolute atomic E-state index is 11.5. The number of para-hydroxylation sites is 1. The Bertz CT molecular complexity index is 416. The third-order valence-electron chi connectivity index (χ3n) is 2.37. The number of nitrogens with zero attached hydrogens (tertiary/aromatic N) is 2. The van der Waals surface area contributed by atoms with E-state index in [1.165, 1.54) is 4.90 Å². The number of likely N-dealkylation sites (N-methyl/N-ethyl adjacent to an activating group) is 1. The van der Waals surface area contributed by atoms with Crippen LogP contribution in [0.1, 0.15) is 11.6 Å². The van der Waals surface area contributed by atoms with Crippen LogP contribution in [0, 0.1) is 10.1 Å². The Hall–Kier alpha value is -1.91. The van der Waals surface area contributed by atoms with E-state index in [2.05, 4.69) is 0 Å². The molecule has 0 aromatic heterocycles. The zero-order valence-electron chi connectivity index (χ0n) is 7.51. The predicted molar refractivity (Wildman–Crippen MR) is 49.6 cm³/mol. The summed E-state index contributed by atoms with van der Waals surface area (Å²) in [4.78, 5) is 22.9. The summed E-state index contributed by atoms with van der Waals surface area (Å²) < 4.78 is 0. The lowest BCUT2D eigenvalue weighted by molar-refractivity contribution is -0.512. The van der Waals surface area contributed by atoms with Gasteiger partial charge in [-0.05, 0) is 12.1 Å². The Labute approximate surface area is 80.1 Å². The van der Waals surface area contributed by atoms with Gasteiger partial charge in [0, 0.05) is 12.0 Å². The molecule has 0 fully saturated rings. The Balaban J connectivity index is 2.59. The maximum atomic E-state index is 11.5. The van der Waals surface area contributed by atoms with Gasteiger partial charge in [-0.2, -0.15) is 0 Å². The standard InChI is InChI=1S/C9H8N2O3/c1-10-7-5-3-2-4-6(7)8(9(10)12)11(13)14/h2-5,8H,1H3. The van der Waals surface area contributed by atoms with E-state index >= 15 is 0 Å². The van der Waals surface area contributed by atoms with Crippen molar-refractivity contribution in [2.75, 3.05) is 11.9 Å². The number of rotatable bonds is 1. The fourth-order valence-electron chi connectivity index (χ4n) is 1.66. The van der Waals surface area contributed by atoms with Crippen LogP contribution in [0.3, 0.4) is 0 Å². The average Bonchev–Trinajstić information content (AvgIpc) is 2.41. The molecule has 1 amide bonds. The summed E-state index contributed by atoms with van der Waals surface area (Å²) in [5, 5.41) is 10.7. The Morgan fingerprint density at radius 1 is 1.43 bits per heavy atom. The molecule has 0 saturated heterocycles. The minimum atomic E-state index is -1.23. The highest BCUT2D eigenvalue weighted by Gasteiger charge is 2.43. The van der Waals surface area contributed by atoms with Gasteiger partial charge < -0.3 is 4.90 Å². The molecule has 0 saturated carbocycles. The largest absolute Gasteiger partial charge is 0.317 e. The van der Waals surface area contributed by atoms with Gasteiger partial charge in [0.25, 0.3) is 0 Å². The highest BCUT2D eigenvalue weighted by atomic mass is 16.6. The molecular formula is C9H8N2O3. The van der Waals surface area contributed by atoms with Gasteiger partial charge in [-0.1, -0.05) is 12.1 Å². The van der Waals surface area contributed by atoms with E-state index in [4.69, 9.17) is 0 Å². The van der Waals surface area contributed by atoms with Gasteiger partial charge in [0.2, 0.25) is 0 Å². The third kappa shape index (κ3) is 0.985. The molecule has 1 aromatic rings. The van der Waals surface area contributed by atoms with E-state index in [1.54, 1.807) is 31.3 Å². The summed E-state index contributed by atoms with van der Waals surface area (Å²) in [5.74, 6) is -0.476. The van der Waals surface area contributed by atoms with E-state index in [-0.39, 0.29) is 0 Å². The van der Waals surface area contributed by atoms with Crippen molar-refractivity contribution in [1.82, 2.24) is 0 Å². The highest BCUT2D eigenvalue weighted by molar-refractivity contribution is 6.03. The minimum Gasteiger partial charge on any atom is -0.309 e. The number of hydrogen-bond acceptors (Lipinski definition) is 3. The van der Waals surface area contributed by atoms with E-state index in [0.717, 1.165) is 0 Å². The molecule has 1 atom stereocenters. The third-order valence-corrected chi connectivity index (χ3v) is 2.37. The second-order valence-corrected chi connectivity index (χ2v) is 3.14. The number of amides is 1. The number of carbonyl (C=O) groups is 1. The molecule has 14 heavy (non-hydrogen) atoms. The number of benzene rings is 1. The number of anilines is 1. The van der Waals surface area contributed by atoms with Crippen LogP contribution in [0.5, 0.6) is 0 Å². The first kappa shape index (κ1) is 8.68. The molecule has 5 heteroatoms. The van der Waals surface area contributed by atoms with Crippen LogP contribution >= 0.6 is 0 Å². The summed E-state index contributed by atoms with van der Waals surface area (Å²) in [6.07, 6.45) is 0. The van der Waals surface area contributed by atoms with Gasteiger partial charge in [0.15, 0.2) is 0 Å². The van der Waals surface area contributed by atoms with Gasteiger partial charge >= 0.3 is 11.9 Å². The van der Waals surface area contributed by atoms with Crippen molar-refractivity contribution in [3.05, 3.63) is 39.9 Å². The van der Waals surface area contributed by atoms with Crippen molar-refractivity contribution in [3.63, 3.8) is 0 Å². The van der Waals surface area contributed by atoms with Gasteiger partial charge in [-0.25, -0.2) is 0 Å². The quantitative estimate of drug-likeness (QED) is 0.492. The Kier molecular flexibility index (Phi) is 1.73. The molecule has 5 nitrogen and oxygen atoms in total. The summed E-state index contributed by atoms with van der Waals surface area (Å²) in [6.45, 7) is 0. The Morgan fingerprint density at radius 3 is 2.71 bits per heavy atom. The molecule has 1 aliphatic rings. The lowest BCUT2D eigenvalue weighted by atomic mass is 10.1. The summed E-state index contributed by atoms with van der Waals surface area (Å²) in [5.41, 5.74) is 1.10. The van der Waals surface area contributed by atoms with E-state index in [0.29, 0.717) is 11.3 Å². The number of carbonyl (C=O) groups excluding carboxylic acids is 1. The molecule has 0 radical (unpaired) electrons. The second-order valence-electron chi connectivity index (χ2n) is 3.14. The molecule has 0 N–H and O–H groups in total. The molecule has 2 rings (SSSR count). The van der Waals surface area contributed by atoms with Crippen molar-refractivity contribution in [2.45, 2.75) is 6.04 Å². The molecule has 1 aromatic carbocycles. The normalized spacial score (nSPS) is 19.6. The van der Waals surface area contributed by atoms with Gasteiger partial charge in [-0.15, -0.1) is 0 Å². The number of fused-ring (bicyclic) bond motifs is 1. The molecule has 72 valence electrons.